The average Bonchev–Trinajstić information content (AvgIpc) is 1.79. The second-order valence-corrected chi connectivity index (χ2v) is 3.49. The molecule has 2 nitrogen and oxygen atoms in total. The molecule has 0 aliphatic heterocycles. The van der Waals surface area contributed by atoms with Gasteiger partial charge in [0.15, 0.2) is 0 Å². The number of carbonyl (C=O) groups is 1. The average molecular weight is 145 g/mol. The molecule has 0 aromatic rings. The monoisotopic (exact) mass is 145 g/mol. The van der Waals surface area contributed by atoms with Crippen LogP contribution in [0.25, 0.3) is 0 Å². The van der Waals surface area contributed by atoms with Crippen molar-refractivity contribution >= 4 is 15.1 Å². The molecule has 1 saturated carbocycles. The van der Waals surface area contributed by atoms with Crippen molar-refractivity contribution in [2.45, 2.75) is 18.5 Å². The van der Waals surface area contributed by atoms with Crippen LogP contribution in [0.4, 0.5) is 0 Å². The first-order valence-electron chi connectivity index (χ1n) is 3.21. The van der Waals surface area contributed by atoms with E-state index in [1.54, 1.807) is 7.05 Å². The third kappa shape index (κ3) is 1.42. The molecule has 0 heterocycles. The molecule has 0 bridgehead atoms. The van der Waals surface area contributed by atoms with Crippen LogP contribution in [0.15, 0.2) is 0 Å². The summed E-state index contributed by atoms with van der Waals surface area (Å²) in [4.78, 5) is 10.8. The summed E-state index contributed by atoms with van der Waals surface area (Å²) in [7, 11) is 4.42. The van der Waals surface area contributed by atoms with Crippen molar-refractivity contribution in [3.8, 4) is 0 Å². The standard InChI is InChI=1S/C6H12NOP/c1-7-6(8)4-2-5(9)3-4/h4-5H,2-3,9H2,1H3,(H,7,8). The molecule has 1 unspecified atom stereocenters. The van der Waals surface area contributed by atoms with E-state index in [1.807, 2.05) is 0 Å². The number of rotatable bonds is 1. The molecule has 0 radical (unpaired) electrons. The molecule has 0 spiro atoms. The summed E-state index contributed by atoms with van der Waals surface area (Å²) in [5, 5.41) is 2.64. The number of hydrogen-bond donors (Lipinski definition) is 1. The predicted molar refractivity (Wildman–Crippen MR) is 40.3 cm³/mol. The highest BCUT2D eigenvalue weighted by atomic mass is 31.0. The van der Waals surface area contributed by atoms with Crippen molar-refractivity contribution in [2.24, 2.45) is 5.92 Å². The Kier molecular flexibility index (Phi) is 2.07. The number of nitrogens with one attached hydrogen (secondary N) is 1. The molecule has 1 aliphatic rings. The van der Waals surface area contributed by atoms with E-state index < -0.39 is 0 Å². The second-order valence-electron chi connectivity index (χ2n) is 2.54. The quantitative estimate of drug-likeness (QED) is 0.531. The topological polar surface area (TPSA) is 29.1 Å². The first-order valence-corrected chi connectivity index (χ1v) is 3.88. The van der Waals surface area contributed by atoms with Gasteiger partial charge < -0.3 is 5.32 Å². The second kappa shape index (κ2) is 2.66. The minimum atomic E-state index is 0.203. The van der Waals surface area contributed by atoms with E-state index in [1.165, 1.54) is 0 Å². The predicted octanol–water partition coefficient (Wildman–Crippen LogP) is 0.386. The Bertz CT molecular complexity index is 120. The van der Waals surface area contributed by atoms with Gasteiger partial charge in [0.25, 0.3) is 0 Å². The van der Waals surface area contributed by atoms with Crippen LogP contribution in [0.3, 0.4) is 0 Å². The smallest absolute Gasteiger partial charge is 0.222 e. The molecule has 1 N–H and O–H groups in total. The van der Waals surface area contributed by atoms with Crippen LogP contribution >= 0.6 is 9.24 Å². The molecule has 1 rings (SSSR count). The summed E-state index contributed by atoms with van der Waals surface area (Å²) in [6.07, 6.45) is 2.09. The van der Waals surface area contributed by atoms with E-state index in [2.05, 4.69) is 14.6 Å². The van der Waals surface area contributed by atoms with Gasteiger partial charge in [0.05, 0.1) is 0 Å². The molecular formula is C6H12NOP. The van der Waals surface area contributed by atoms with Crippen molar-refractivity contribution in [3.05, 3.63) is 0 Å². The fraction of sp³-hybridized carbons (Fsp3) is 0.833. The lowest BCUT2D eigenvalue weighted by atomic mass is 9.84. The van der Waals surface area contributed by atoms with Gasteiger partial charge in [-0.2, -0.15) is 0 Å². The Morgan fingerprint density at radius 1 is 1.67 bits per heavy atom. The van der Waals surface area contributed by atoms with Gasteiger partial charge in [0.2, 0.25) is 5.91 Å². The summed E-state index contributed by atoms with van der Waals surface area (Å²) in [6.45, 7) is 0. The van der Waals surface area contributed by atoms with E-state index in [4.69, 9.17) is 0 Å². The largest absolute Gasteiger partial charge is 0.359 e. The van der Waals surface area contributed by atoms with Gasteiger partial charge in [-0.25, -0.2) is 0 Å². The zero-order valence-electron chi connectivity index (χ0n) is 5.55. The lowest BCUT2D eigenvalue weighted by Crippen LogP contribution is -2.37. The molecule has 1 atom stereocenters. The summed E-state index contributed by atoms with van der Waals surface area (Å²) < 4.78 is 0. The van der Waals surface area contributed by atoms with Crippen LogP contribution in [-0.2, 0) is 4.79 Å². The lowest BCUT2D eigenvalue weighted by molar-refractivity contribution is -0.126. The fourth-order valence-electron chi connectivity index (χ4n) is 1.08. The molecule has 0 saturated heterocycles. The van der Waals surface area contributed by atoms with E-state index in [0.717, 1.165) is 12.8 Å². The molecule has 1 amide bonds. The van der Waals surface area contributed by atoms with Crippen LogP contribution in [0.5, 0.6) is 0 Å². The first-order chi connectivity index (χ1) is 4.24. The van der Waals surface area contributed by atoms with Crippen molar-refractivity contribution in [1.82, 2.24) is 5.32 Å². The Hall–Kier alpha value is -0.100. The molecule has 3 heteroatoms. The molecule has 0 aromatic carbocycles. The third-order valence-electron chi connectivity index (χ3n) is 1.79. The lowest BCUT2D eigenvalue weighted by Gasteiger charge is -2.30. The minimum Gasteiger partial charge on any atom is -0.359 e. The van der Waals surface area contributed by atoms with Crippen molar-refractivity contribution in [2.75, 3.05) is 7.05 Å². The van der Waals surface area contributed by atoms with Crippen molar-refractivity contribution in [3.63, 3.8) is 0 Å². The zero-order chi connectivity index (χ0) is 6.85. The van der Waals surface area contributed by atoms with Gasteiger partial charge in [-0.15, -0.1) is 9.24 Å². The van der Waals surface area contributed by atoms with Gasteiger partial charge in [-0.05, 0) is 18.5 Å². The number of carbonyl (C=O) groups excluding carboxylic acids is 1. The van der Waals surface area contributed by atoms with Crippen molar-refractivity contribution < 1.29 is 4.79 Å². The molecule has 0 aromatic heterocycles. The maximum atomic E-state index is 10.8. The SMILES string of the molecule is CNC(=O)C1CC(P)C1. The summed E-state index contributed by atoms with van der Waals surface area (Å²) >= 11 is 0. The van der Waals surface area contributed by atoms with Crippen LogP contribution < -0.4 is 5.32 Å². The zero-order valence-corrected chi connectivity index (χ0v) is 6.71. The summed E-state index contributed by atoms with van der Waals surface area (Å²) in [5.41, 5.74) is 0.687. The fourth-order valence-corrected chi connectivity index (χ4v) is 1.74. The Labute approximate surface area is 57.6 Å². The van der Waals surface area contributed by atoms with Crippen molar-refractivity contribution in [1.29, 1.82) is 0 Å². The summed E-state index contributed by atoms with van der Waals surface area (Å²) in [6, 6.07) is 0. The van der Waals surface area contributed by atoms with E-state index in [9.17, 15) is 4.79 Å². The highest BCUT2D eigenvalue weighted by Crippen LogP contribution is 2.33. The molecule has 1 fully saturated rings. The molecular weight excluding hydrogens is 133 g/mol. The molecule has 9 heavy (non-hydrogen) atoms. The third-order valence-corrected chi connectivity index (χ3v) is 2.34. The normalized spacial score (nSPS) is 33.1. The summed E-state index contributed by atoms with van der Waals surface area (Å²) in [5.74, 6) is 0.506. The number of hydrogen-bond acceptors (Lipinski definition) is 1. The Balaban J connectivity index is 2.23. The van der Waals surface area contributed by atoms with Gasteiger partial charge in [-0.1, -0.05) is 0 Å². The maximum absolute atomic E-state index is 10.8. The van der Waals surface area contributed by atoms with E-state index >= 15 is 0 Å². The maximum Gasteiger partial charge on any atom is 0.222 e. The van der Waals surface area contributed by atoms with Gasteiger partial charge >= 0.3 is 0 Å². The van der Waals surface area contributed by atoms with E-state index in [-0.39, 0.29) is 5.91 Å². The molecule has 1 aliphatic carbocycles. The van der Waals surface area contributed by atoms with Gasteiger partial charge in [0, 0.05) is 13.0 Å². The Morgan fingerprint density at radius 3 is 2.56 bits per heavy atom. The van der Waals surface area contributed by atoms with Crippen LogP contribution in [0, 0.1) is 5.92 Å². The Morgan fingerprint density at radius 2 is 2.22 bits per heavy atom. The van der Waals surface area contributed by atoms with Crippen LogP contribution in [-0.4, -0.2) is 18.6 Å². The number of amides is 1. The highest BCUT2D eigenvalue weighted by Gasteiger charge is 2.30. The van der Waals surface area contributed by atoms with E-state index in [0.29, 0.717) is 11.6 Å². The first kappa shape index (κ1) is 7.01. The minimum absolute atomic E-state index is 0.203. The van der Waals surface area contributed by atoms with Crippen LogP contribution in [0.1, 0.15) is 12.8 Å². The van der Waals surface area contributed by atoms with Gasteiger partial charge in [0.1, 0.15) is 0 Å². The molecule has 52 valence electrons. The van der Waals surface area contributed by atoms with Gasteiger partial charge in [-0.3, -0.25) is 4.79 Å². The highest BCUT2D eigenvalue weighted by molar-refractivity contribution is 7.17. The van der Waals surface area contributed by atoms with Crippen LogP contribution in [0.2, 0.25) is 0 Å².